The normalized spacial score (nSPS) is 17.0. The molecule has 1 aromatic rings. The number of nitrogens with one attached hydrogen (secondary N) is 3. The summed E-state index contributed by atoms with van der Waals surface area (Å²) >= 11 is 0. The zero-order valence-corrected chi connectivity index (χ0v) is 16.9. The van der Waals surface area contributed by atoms with Crippen LogP contribution in [0.5, 0.6) is 0 Å². The van der Waals surface area contributed by atoms with Crippen LogP contribution in [-0.2, 0) is 9.59 Å². The summed E-state index contributed by atoms with van der Waals surface area (Å²) in [7, 11) is 1.64. The molecule has 2 amide bonds. The fourth-order valence-corrected chi connectivity index (χ4v) is 2.54. The molecule has 0 aromatic heterocycles. The van der Waals surface area contributed by atoms with Crippen LogP contribution in [0.3, 0.4) is 0 Å². The summed E-state index contributed by atoms with van der Waals surface area (Å²) < 4.78 is 0. The van der Waals surface area contributed by atoms with Gasteiger partial charge in [-0.2, -0.15) is 0 Å². The number of amides is 2. The van der Waals surface area contributed by atoms with Crippen LogP contribution >= 0.6 is 24.0 Å². The summed E-state index contributed by atoms with van der Waals surface area (Å²) in [6.45, 7) is 3.40. The van der Waals surface area contributed by atoms with Crippen LogP contribution in [0.1, 0.15) is 19.8 Å². The molecule has 0 aliphatic carbocycles. The van der Waals surface area contributed by atoms with Gasteiger partial charge in [-0.3, -0.25) is 14.6 Å². The van der Waals surface area contributed by atoms with E-state index in [9.17, 15) is 9.59 Å². The number of halogens is 1. The SMILES string of the molecule is CCCNC(=O)CNC(=NC)NC1CC(=O)N(c2ccccc2)C1.I. The summed E-state index contributed by atoms with van der Waals surface area (Å²) in [6, 6.07) is 9.56. The maximum atomic E-state index is 12.2. The molecule has 1 atom stereocenters. The van der Waals surface area contributed by atoms with E-state index in [0.29, 0.717) is 25.5 Å². The first-order valence-corrected chi connectivity index (χ1v) is 8.23. The van der Waals surface area contributed by atoms with Gasteiger partial charge in [-0.25, -0.2) is 0 Å². The lowest BCUT2D eigenvalue weighted by Gasteiger charge is -2.18. The number of aliphatic imine (C=N–C) groups is 1. The topological polar surface area (TPSA) is 85.8 Å². The average Bonchev–Trinajstić information content (AvgIpc) is 2.97. The lowest BCUT2D eigenvalue weighted by Crippen LogP contribution is -2.47. The number of guanidine groups is 1. The third-order valence-electron chi connectivity index (χ3n) is 3.75. The quantitative estimate of drug-likeness (QED) is 0.338. The number of carbonyl (C=O) groups is 2. The second-order valence-electron chi connectivity index (χ2n) is 5.66. The number of nitrogens with zero attached hydrogens (tertiary/aromatic N) is 2. The van der Waals surface area contributed by atoms with Crippen molar-refractivity contribution in [1.82, 2.24) is 16.0 Å². The highest BCUT2D eigenvalue weighted by Gasteiger charge is 2.31. The van der Waals surface area contributed by atoms with Gasteiger partial charge in [0.05, 0.1) is 12.6 Å². The fourth-order valence-electron chi connectivity index (χ4n) is 2.54. The highest BCUT2D eigenvalue weighted by Crippen LogP contribution is 2.20. The predicted octanol–water partition coefficient (Wildman–Crippen LogP) is 1.10. The molecule has 0 radical (unpaired) electrons. The predicted molar refractivity (Wildman–Crippen MR) is 110 cm³/mol. The molecule has 7 nitrogen and oxygen atoms in total. The molecule has 25 heavy (non-hydrogen) atoms. The Balaban J connectivity index is 0.00000312. The van der Waals surface area contributed by atoms with Gasteiger partial charge in [0, 0.05) is 32.2 Å². The second kappa shape index (κ2) is 10.9. The summed E-state index contributed by atoms with van der Waals surface area (Å²) in [5, 5.41) is 8.97. The van der Waals surface area contributed by atoms with E-state index in [2.05, 4.69) is 20.9 Å². The number of benzene rings is 1. The Morgan fingerprint density at radius 2 is 2.00 bits per heavy atom. The number of anilines is 1. The fraction of sp³-hybridized carbons (Fsp3) is 0.471. The molecule has 1 aliphatic heterocycles. The van der Waals surface area contributed by atoms with Gasteiger partial charge in [0.25, 0.3) is 0 Å². The van der Waals surface area contributed by atoms with Crippen LogP contribution in [0.15, 0.2) is 35.3 Å². The van der Waals surface area contributed by atoms with Crippen LogP contribution in [0.2, 0.25) is 0 Å². The van der Waals surface area contributed by atoms with E-state index in [1.165, 1.54) is 0 Å². The average molecular weight is 459 g/mol. The number of carbonyl (C=O) groups excluding carboxylic acids is 2. The summed E-state index contributed by atoms with van der Waals surface area (Å²) in [5.41, 5.74) is 0.897. The van der Waals surface area contributed by atoms with Crippen molar-refractivity contribution in [2.75, 3.05) is 31.6 Å². The van der Waals surface area contributed by atoms with E-state index in [1.807, 2.05) is 37.3 Å². The molecular weight excluding hydrogens is 433 g/mol. The third-order valence-corrected chi connectivity index (χ3v) is 3.75. The van der Waals surface area contributed by atoms with Crippen molar-refractivity contribution >= 4 is 47.4 Å². The van der Waals surface area contributed by atoms with Gasteiger partial charge in [-0.05, 0) is 18.6 Å². The van der Waals surface area contributed by atoms with Crippen molar-refractivity contribution < 1.29 is 9.59 Å². The van der Waals surface area contributed by atoms with E-state index in [-0.39, 0.29) is 48.4 Å². The van der Waals surface area contributed by atoms with Crippen LogP contribution in [0.25, 0.3) is 0 Å². The Bertz CT molecular complexity index is 594. The largest absolute Gasteiger partial charge is 0.355 e. The van der Waals surface area contributed by atoms with Crippen molar-refractivity contribution in [2.24, 2.45) is 4.99 Å². The standard InChI is InChI=1S/C17H25N5O2.HI/c1-3-9-19-15(23)11-20-17(18-2)21-13-10-16(24)22(12-13)14-7-5-4-6-8-14;/h4-8,13H,3,9-12H2,1-2H3,(H,19,23)(H2,18,20,21);1H. The van der Waals surface area contributed by atoms with E-state index < -0.39 is 0 Å². The van der Waals surface area contributed by atoms with Crippen LogP contribution < -0.4 is 20.9 Å². The Kier molecular flexibility index (Phi) is 9.25. The Labute approximate surface area is 165 Å². The number of hydrogen-bond donors (Lipinski definition) is 3. The molecule has 1 saturated heterocycles. The van der Waals surface area contributed by atoms with Gasteiger partial charge in [0.15, 0.2) is 5.96 Å². The molecule has 1 heterocycles. The van der Waals surface area contributed by atoms with Gasteiger partial charge in [-0.15, -0.1) is 24.0 Å². The minimum atomic E-state index is -0.0757. The number of hydrogen-bond acceptors (Lipinski definition) is 3. The first-order chi connectivity index (χ1) is 11.6. The lowest BCUT2D eigenvalue weighted by atomic mass is 10.2. The molecule has 8 heteroatoms. The number of para-hydroxylation sites is 1. The second-order valence-corrected chi connectivity index (χ2v) is 5.66. The van der Waals surface area contributed by atoms with E-state index in [0.717, 1.165) is 12.1 Å². The molecule has 1 aromatic carbocycles. The summed E-state index contributed by atoms with van der Waals surface area (Å²) in [4.78, 5) is 29.7. The highest BCUT2D eigenvalue weighted by atomic mass is 127. The van der Waals surface area contributed by atoms with Crippen LogP contribution in [0, 0.1) is 0 Å². The molecule has 1 aliphatic rings. The van der Waals surface area contributed by atoms with Crippen molar-refractivity contribution in [3.05, 3.63) is 30.3 Å². The zero-order chi connectivity index (χ0) is 17.4. The molecule has 0 spiro atoms. The van der Waals surface area contributed by atoms with Gasteiger partial charge >= 0.3 is 0 Å². The Hall–Kier alpha value is -1.84. The van der Waals surface area contributed by atoms with Crippen molar-refractivity contribution in [3.8, 4) is 0 Å². The lowest BCUT2D eigenvalue weighted by molar-refractivity contribution is -0.120. The highest BCUT2D eigenvalue weighted by molar-refractivity contribution is 14.0. The van der Waals surface area contributed by atoms with Crippen LogP contribution in [0.4, 0.5) is 5.69 Å². The smallest absolute Gasteiger partial charge is 0.239 e. The van der Waals surface area contributed by atoms with Crippen molar-refractivity contribution in [1.29, 1.82) is 0 Å². The maximum Gasteiger partial charge on any atom is 0.239 e. The minimum absolute atomic E-state index is 0. The molecule has 138 valence electrons. The van der Waals surface area contributed by atoms with Crippen molar-refractivity contribution in [3.63, 3.8) is 0 Å². The monoisotopic (exact) mass is 459 g/mol. The van der Waals surface area contributed by atoms with Gasteiger partial charge in [0.1, 0.15) is 0 Å². The van der Waals surface area contributed by atoms with Crippen molar-refractivity contribution in [2.45, 2.75) is 25.8 Å². The molecular formula is C17H26IN5O2. The molecule has 1 unspecified atom stereocenters. The molecule has 1 fully saturated rings. The molecule has 2 rings (SSSR count). The van der Waals surface area contributed by atoms with E-state index in [1.54, 1.807) is 11.9 Å². The molecule has 0 bridgehead atoms. The van der Waals surface area contributed by atoms with Gasteiger partial charge < -0.3 is 20.9 Å². The number of rotatable bonds is 6. The molecule has 0 saturated carbocycles. The minimum Gasteiger partial charge on any atom is -0.355 e. The Morgan fingerprint density at radius 3 is 2.64 bits per heavy atom. The third kappa shape index (κ3) is 6.52. The van der Waals surface area contributed by atoms with Gasteiger partial charge in [0.2, 0.25) is 11.8 Å². The van der Waals surface area contributed by atoms with E-state index in [4.69, 9.17) is 0 Å². The van der Waals surface area contributed by atoms with Gasteiger partial charge in [-0.1, -0.05) is 25.1 Å². The van der Waals surface area contributed by atoms with E-state index >= 15 is 0 Å². The van der Waals surface area contributed by atoms with Crippen LogP contribution in [-0.4, -0.2) is 50.5 Å². The first kappa shape index (κ1) is 21.2. The Morgan fingerprint density at radius 1 is 1.28 bits per heavy atom. The zero-order valence-electron chi connectivity index (χ0n) is 14.6. The summed E-state index contributed by atoms with van der Waals surface area (Å²) in [6.07, 6.45) is 1.30. The molecule has 3 N–H and O–H groups in total. The maximum absolute atomic E-state index is 12.2. The summed E-state index contributed by atoms with van der Waals surface area (Å²) in [5.74, 6) is 0.525. The first-order valence-electron chi connectivity index (χ1n) is 8.23.